The second kappa shape index (κ2) is 6.23. The van der Waals surface area contributed by atoms with Gasteiger partial charge >= 0.3 is 0 Å². The summed E-state index contributed by atoms with van der Waals surface area (Å²) in [6, 6.07) is 0.226. The number of aliphatic hydroxyl groups is 1. The summed E-state index contributed by atoms with van der Waals surface area (Å²) in [7, 11) is 0. The summed E-state index contributed by atoms with van der Waals surface area (Å²) in [5.74, 6) is 1.23. The average Bonchev–Trinajstić information content (AvgIpc) is 2.90. The fraction of sp³-hybridized carbons (Fsp3) is 0.933. The van der Waals surface area contributed by atoms with Crippen LogP contribution in [0.5, 0.6) is 0 Å². The topological polar surface area (TPSA) is 66.6 Å². The number of carbonyl (C=O) groups excluding carboxylic acids is 1. The van der Waals surface area contributed by atoms with Crippen molar-refractivity contribution in [2.75, 3.05) is 13.1 Å². The number of rotatable bonds is 5. The second-order valence-corrected chi connectivity index (χ2v) is 6.62. The molecule has 110 valence electrons. The Balaban J connectivity index is 1.77. The van der Waals surface area contributed by atoms with Crippen LogP contribution >= 0.6 is 0 Å². The van der Waals surface area contributed by atoms with Crippen LogP contribution in [0.3, 0.4) is 0 Å². The minimum absolute atomic E-state index is 0.0923. The molecule has 2 rings (SSSR count). The van der Waals surface area contributed by atoms with Gasteiger partial charge in [-0.2, -0.15) is 0 Å². The smallest absolute Gasteiger partial charge is 0.225 e. The third kappa shape index (κ3) is 3.48. The molecule has 3 N–H and O–H groups in total. The van der Waals surface area contributed by atoms with Crippen LogP contribution in [0.1, 0.15) is 46.0 Å². The summed E-state index contributed by atoms with van der Waals surface area (Å²) in [6.45, 7) is 5.66. The van der Waals surface area contributed by atoms with Crippen LogP contribution in [0.2, 0.25) is 0 Å². The third-order valence-electron chi connectivity index (χ3n) is 4.85. The minimum Gasteiger partial charge on any atom is -0.393 e. The van der Waals surface area contributed by atoms with Gasteiger partial charge < -0.3 is 15.7 Å². The molecule has 1 saturated heterocycles. The molecule has 5 unspecified atom stereocenters. The minimum atomic E-state index is -0.184. The summed E-state index contributed by atoms with van der Waals surface area (Å²) in [6.07, 6.45) is 4.75. The molecule has 2 aliphatic rings. The Morgan fingerprint density at radius 2 is 2.05 bits per heavy atom. The number of aliphatic hydroxyl groups excluding tert-OH is 1. The first-order valence-electron chi connectivity index (χ1n) is 7.71. The van der Waals surface area contributed by atoms with Crippen molar-refractivity contribution in [2.45, 2.75) is 58.1 Å². The van der Waals surface area contributed by atoms with E-state index in [0.29, 0.717) is 11.8 Å². The van der Waals surface area contributed by atoms with E-state index in [0.717, 1.165) is 45.2 Å². The molecule has 0 bridgehead atoms. The molecule has 2 fully saturated rings. The number of likely N-dealkylation sites (tertiary alicyclic amines) is 1. The molecule has 0 aromatic carbocycles. The Morgan fingerprint density at radius 1 is 1.32 bits per heavy atom. The zero-order valence-electron chi connectivity index (χ0n) is 12.2. The van der Waals surface area contributed by atoms with Crippen molar-refractivity contribution < 1.29 is 9.90 Å². The van der Waals surface area contributed by atoms with Gasteiger partial charge in [0.2, 0.25) is 5.91 Å². The Bertz CT molecular complexity index is 319. The van der Waals surface area contributed by atoms with Crippen LogP contribution in [0.4, 0.5) is 0 Å². The average molecular weight is 268 g/mol. The number of fused-ring (bicyclic) bond motifs is 1. The maximum Gasteiger partial charge on any atom is 0.225 e. The molecule has 1 aliphatic heterocycles. The quantitative estimate of drug-likeness (QED) is 0.791. The number of nitrogens with zero attached hydrogens (tertiary/aromatic N) is 1. The summed E-state index contributed by atoms with van der Waals surface area (Å²) in [4.78, 5) is 14.4. The normalized spacial score (nSPS) is 33.3. The lowest BCUT2D eigenvalue weighted by Crippen LogP contribution is -2.35. The molecule has 1 saturated carbocycles. The molecule has 19 heavy (non-hydrogen) atoms. The van der Waals surface area contributed by atoms with E-state index in [1.807, 2.05) is 18.7 Å². The Hall–Kier alpha value is -0.610. The van der Waals surface area contributed by atoms with Crippen molar-refractivity contribution in [3.05, 3.63) is 0 Å². The molecule has 1 amide bonds. The zero-order valence-corrected chi connectivity index (χ0v) is 12.2. The predicted octanol–water partition coefficient (Wildman–Crippen LogP) is 1.37. The molecule has 0 aromatic rings. The van der Waals surface area contributed by atoms with E-state index in [1.165, 1.54) is 0 Å². The largest absolute Gasteiger partial charge is 0.393 e. The van der Waals surface area contributed by atoms with E-state index in [2.05, 4.69) is 0 Å². The number of nitrogens with two attached hydrogens (primary N) is 1. The highest BCUT2D eigenvalue weighted by Crippen LogP contribution is 2.38. The van der Waals surface area contributed by atoms with Crippen LogP contribution in [0.15, 0.2) is 0 Å². The lowest BCUT2D eigenvalue weighted by molar-refractivity contribution is -0.134. The fourth-order valence-electron chi connectivity index (χ4n) is 3.60. The monoisotopic (exact) mass is 268 g/mol. The van der Waals surface area contributed by atoms with Crippen molar-refractivity contribution >= 4 is 5.91 Å². The van der Waals surface area contributed by atoms with Crippen molar-refractivity contribution in [1.82, 2.24) is 4.90 Å². The lowest BCUT2D eigenvalue weighted by Gasteiger charge is -2.22. The number of hydrogen-bond acceptors (Lipinski definition) is 3. The summed E-state index contributed by atoms with van der Waals surface area (Å²) in [5, 5.41) is 9.89. The van der Waals surface area contributed by atoms with Gasteiger partial charge in [0.25, 0.3) is 0 Å². The van der Waals surface area contributed by atoms with Gasteiger partial charge in [-0.1, -0.05) is 13.3 Å². The van der Waals surface area contributed by atoms with E-state index in [9.17, 15) is 9.90 Å². The molecular formula is C15H28N2O2. The standard InChI is InChI=1S/C15H28N2O2/c1-10(4-3-5-11(2)16)15(19)17-8-12-6-7-14(18)13(12)9-17/h10-14,18H,3-9,16H2,1-2H3. The molecule has 0 spiro atoms. The molecule has 0 radical (unpaired) electrons. The predicted molar refractivity (Wildman–Crippen MR) is 75.5 cm³/mol. The van der Waals surface area contributed by atoms with E-state index < -0.39 is 0 Å². The molecule has 1 heterocycles. The first kappa shape index (κ1) is 14.8. The van der Waals surface area contributed by atoms with E-state index in [4.69, 9.17) is 5.73 Å². The maximum absolute atomic E-state index is 12.4. The first-order chi connectivity index (χ1) is 8.99. The van der Waals surface area contributed by atoms with Crippen molar-refractivity contribution in [1.29, 1.82) is 0 Å². The molecule has 5 atom stereocenters. The molecule has 0 aromatic heterocycles. The van der Waals surface area contributed by atoms with Crippen LogP contribution in [0.25, 0.3) is 0 Å². The van der Waals surface area contributed by atoms with Crippen LogP contribution < -0.4 is 5.73 Å². The van der Waals surface area contributed by atoms with Gasteiger partial charge in [-0.15, -0.1) is 0 Å². The van der Waals surface area contributed by atoms with Gasteiger partial charge in [0, 0.05) is 31.0 Å². The van der Waals surface area contributed by atoms with Crippen molar-refractivity contribution in [3.63, 3.8) is 0 Å². The van der Waals surface area contributed by atoms with Crippen LogP contribution in [0, 0.1) is 17.8 Å². The van der Waals surface area contributed by atoms with Gasteiger partial charge in [-0.05, 0) is 38.5 Å². The number of carbonyl (C=O) groups is 1. The third-order valence-corrected chi connectivity index (χ3v) is 4.85. The van der Waals surface area contributed by atoms with Crippen LogP contribution in [-0.2, 0) is 4.79 Å². The SMILES string of the molecule is CC(N)CCCC(C)C(=O)N1CC2CCC(O)C2C1. The van der Waals surface area contributed by atoms with Crippen molar-refractivity contribution in [2.24, 2.45) is 23.5 Å². The summed E-state index contributed by atoms with van der Waals surface area (Å²) >= 11 is 0. The zero-order chi connectivity index (χ0) is 14.0. The molecule has 1 aliphatic carbocycles. The van der Waals surface area contributed by atoms with Crippen LogP contribution in [-0.4, -0.2) is 41.1 Å². The highest BCUT2D eigenvalue weighted by Gasteiger charge is 2.43. The molecular weight excluding hydrogens is 240 g/mol. The Morgan fingerprint density at radius 3 is 2.68 bits per heavy atom. The van der Waals surface area contributed by atoms with Gasteiger partial charge in [0.05, 0.1) is 6.10 Å². The van der Waals surface area contributed by atoms with E-state index in [-0.39, 0.29) is 24.0 Å². The summed E-state index contributed by atoms with van der Waals surface area (Å²) in [5.41, 5.74) is 5.73. The first-order valence-corrected chi connectivity index (χ1v) is 7.71. The van der Waals surface area contributed by atoms with E-state index in [1.54, 1.807) is 0 Å². The van der Waals surface area contributed by atoms with Gasteiger partial charge in [-0.3, -0.25) is 4.79 Å². The maximum atomic E-state index is 12.4. The highest BCUT2D eigenvalue weighted by atomic mass is 16.3. The lowest BCUT2D eigenvalue weighted by atomic mass is 9.99. The number of hydrogen-bond donors (Lipinski definition) is 2. The fourth-order valence-corrected chi connectivity index (χ4v) is 3.60. The Labute approximate surface area is 116 Å². The van der Waals surface area contributed by atoms with Gasteiger partial charge in [-0.25, -0.2) is 0 Å². The highest BCUT2D eigenvalue weighted by molar-refractivity contribution is 5.78. The van der Waals surface area contributed by atoms with Gasteiger partial charge in [0.15, 0.2) is 0 Å². The molecule has 4 heteroatoms. The van der Waals surface area contributed by atoms with Crippen molar-refractivity contribution in [3.8, 4) is 0 Å². The second-order valence-electron chi connectivity index (χ2n) is 6.62. The van der Waals surface area contributed by atoms with Gasteiger partial charge in [0.1, 0.15) is 0 Å². The Kier molecular flexibility index (Phi) is 4.85. The number of amides is 1. The summed E-state index contributed by atoms with van der Waals surface area (Å²) < 4.78 is 0. The van der Waals surface area contributed by atoms with E-state index >= 15 is 0 Å². The molecule has 4 nitrogen and oxygen atoms in total.